The summed E-state index contributed by atoms with van der Waals surface area (Å²) in [4.78, 5) is 10.9. The van der Waals surface area contributed by atoms with Crippen LogP contribution in [0.3, 0.4) is 0 Å². The van der Waals surface area contributed by atoms with Crippen LogP contribution in [0, 0.1) is 17.1 Å². The minimum Gasteiger partial charge on any atom is -0.507 e. The van der Waals surface area contributed by atoms with E-state index in [0.717, 1.165) is 19.2 Å². The zero-order valence-corrected chi connectivity index (χ0v) is 7.24. The molecule has 1 aromatic rings. The number of aromatic hydroxyl groups is 1. The number of benzene rings is 1. The van der Waals surface area contributed by atoms with Crippen molar-refractivity contribution in [2.75, 3.05) is 7.11 Å². The third-order valence-electron chi connectivity index (χ3n) is 1.59. The van der Waals surface area contributed by atoms with E-state index < -0.39 is 23.1 Å². The Bertz CT molecular complexity index is 400. The van der Waals surface area contributed by atoms with Crippen LogP contribution in [-0.2, 0) is 4.74 Å². The fourth-order valence-corrected chi connectivity index (χ4v) is 0.961. The van der Waals surface area contributed by atoms with Crippen LogP contribution in [0.5, 0.6) is 5.75 Å². The molecule has 1 aromatic carbocycles. The van der Waals surface area contributed by atoms with Crippen molar-refractivity contribution in [1.29, 1.82) is 5.26 Å². The molecule has 0 aliphatic heterocycles. The number of carbonyl (C=O) groups is 1. The number of methoxy groups -OCH3 is 1. The molecule has 0 unspecified atom stereocenters. The predicted octanol–water partition coefficient (Wildman–Crippen LogP) is 1.19. The topological polar surface area (TPSA) is 70.3 Å². The Morgan fingerprint density at radius 3 is 2.71 bits per heavy atom. The Kier molecular flexibility index (Phi) is 2.67. The number of phenols is 1. The molecule has 0 atom stereocenters. The first kappa shape index (κ1) is 9.99. The smallest absolute Gasteiger partial charge is 0.344 e. The highest BCUT2D eigenvalue weighted by molar-refractivity contribution is 5.92. The predicted molar refractivity (Wildman–Crippen MR) is 44.1 cm³/mol. The SMILES string of the molecule is COC(=O)c1c(O)cc(C#N)cc1F. The zero-order chi connectivity index (χ0) is 10.7. The van der Waals surface area contributed by atoms with Crippen LogP contribution in [0.25, 0.3) is 0 Å². The highest BCUT2D eigenvalue weighted by atomic mass is 19.1. The number of hydrogen-bond donors (Lipinski definition) is 1. The van der Waals surface area contributed by atoms with Crippen LogP contribution in [0.1, 0.15) is 15.9 Å². The van der Waals surface area contributed by atoms with E-state index in [1.165, 1.54) is 0 Å². The van der Waals surface area contributed by atoms with Crippen LogP contribution in [0.2, 0.25) is 0 Å². The fraction of sp³-hybridized carbons (Fsp3) is 0.111. The average molecular weight is 195 g/mol. The molecule has 0 radical (unpaired) electrons. The Hall–Kier alpha value is -2.09. The summed E-state index contributed by atoms with van der Waals surface area (Å²) in [5.41, 5.74) is -0.626. The molecule has 0 saturated heterocycles. The van der Waals surface area contributed by atoms with Gasteiger partial charge < -0.3 is 9.84 Å². The van der Waals surface area contributed by atoms with Crippen LogP contribution in [0.15, 0.2) is 12.1 Å². The van der Waals surface area contributed by atoms with Gasteiger partial charge in [-0.1, -0.05) is 0 Å². The number of halogens is 1. The maximum atomic E-state index is 13.1. The molecule has 0 aromatic heterocycles. The standard InChI is InChI=1S/C9H6FNO3/c1-14-9(13)8-6(10)2-5(4-11)3-7(8)12/h2-3,12H,1H3. The molecule has 0 amide bonds. The number of nitrogens with zero attached hydrogens (tertiary/aromatic N) is 1. The van der Waals surface area contributed by atoms with E-state index in [2.05, 4.69) is 4.74 Å². The molecule has 0 heterocycles. The van der Waals surface area contributed by atoms with E-state index in [0.29, 0.717) is 0 Å². The molecule has 1 rings (SSSR count). The third kappa shape index (κ3) is 1.64. The monoisotopic (exact) mass is 195 g/mol. The van der Waals surface area contributed by atoms with Gasteiger partial charge in [0.2, 0.25) is 0 Å². The van der Waals surface area contributed by atoms with Gasteiger partial charge in [-0.15, -0.1) is 0 Å². The summed E-state index contributed by atoms with van der Waals surface area (Å²) < 4.78 is 17.4. The molecule has 72 valence electrons. The van der Waals surface area contributed by atoms with Crippen molar-refractivity contribution < 1.29 is 19.0 Å². The molecule has 1 N–H and O–H groups in total. The molecule has 0 bridgehead atoms. The summed E-state index contributed by atoms with van der Waals surface area (Å²) >= 11 is 0. The average Bonchev–Trinajstić information content (AvgIpc) is 2.16. The molecule has 0 fully saturated rings. The molecule has 4 nitrogen and oxygen atoms in total. The van der Waals surface area contributed by atoms with Gasteiger partial charge in [0.25, 0.3) is 0 Å². The number of rotatable bonds is 1. The fourth-order valence-electron chi connectivity index (χ4n) is 0.961. The Labute approximate surface area is 79.2 Å². The van der Waals surface area contributed by atoms with Crippen LogP contribution < -0.4 is 0 Å². The van der Waals surface area contributed by atoms with E-state index in [1.807, 2.05) is 0 Å². The highest BCUT2D eigenvalue weighted by Crippen LogP contribution is 2.22. The summed E-state index contributed by atoms with van der Waals surface area (Å²) in [6, 6.07) is 3.49. The van der Waals surface area contributed by atoms with Gasteiger partial charge in [0.15, 0.2) is 0 Å². The van der Waals surface area contributed by atoms with E-state index >= 15 is 0 Å². The molecule has 0 saturated carbocycles. The molecule has 14 heavy (non-hydrogen) atoms. The summed E-state index contributed by atoms with van der Waals surface area (Å²) in [6.45, 7) is 0. The molecule has 5 heteroatoms. The highest BCUT2D eigenvalue weighted by Gasteiger charge is 2.18. The second-order valence-electron chi connectivity index (χ2n) is 2.46. The summed E-state index contributed by atoms with van der Waals surface area (Å²) in [7, 11) is 1.07. The maximum absolute atomic E-state index is 13.1. The van der Waals surface area contributed by atoms with Gasteiger partial charge in [-0.25, -0.2) is 9.18 Å². The first-order valence-electron chi connectivity index (χ1n) is 3.61. The first-order chi connectivity index (χ1) is 6.60. The summed E-state index contributed by atoms with van der Waals surface area (Å²) in [6.07, 6.45) is 0. The first-order valence-corrected chi connectivity index (χ1v) is 3.61. The van der Waals surface area contributed by atoms with Crippen molar-refractivity contribution >= 4 is 5.97 Å². The van der Waals surface area contributed by atoms with E-state index in [9.17, 15) is 14.3 Å². The Morgan fingerprint density at radius 1 is 1.64 bits per heavy atom. The number of ether oxygens (including phenoxy) is 1. The van der Waals surface area contributed by atoms with Crippen LogP contribution in [0.4, 0.5) is 4.39 Å². The van der Waals surface area contributed by atoms with Crippen molar-refractivity contribution in [2.24, 2.45) is 0 Å². The minimum atomic E-state index is -0.982. The van der Waals surface area contributed by atoms with Crippen molar-refractivity contribution in [3.63, 3.8) is 0 Å². The van der Waals surface area contributed by atoms with Gasteiger partial charge >= 0.3 is 5.97 Å². The van der Waals surface area contributed by atoms with Gasteiger partial charge in [0.05, 0.1) is 18.7 Å². The lowest BCUT2D eigenvalue weighted by atomic mass is 10.1. The number of phenolic OH excluding ortho intramolecular Hbond substituents is 1. The van der Waals surface area contributed by atoms with E-state index in [-0.39, 0.29) is 5.56 Å². The molecule has 0 aliphatic rings. The second kappa shape index (κ2) is 3.75. The zero-order valence-electron chi connectivity index (χ0n) is 7.24. The van der Waals surface area contributed by atoms with Crippen LogP contribution >= 0.6 is 0 Å². The Balaban J connectivity index is 3.34. The van der Waals surface area contributed by atoms with Crippen molar-refractivity contribution in [2.45, 2.75) is 0 Å². The lowest BCUT2D eigenvalue weighted by Crippen LogP contribution is -2.05. The van der Waals surface area contributed by atoms with Crippen molar-refractivity contribution in [3.05, 3.63) is 29.1 Å². The third-order valence-corrected chi connectivity index (χ3v) is 1.59. The molecular weight excluding hydrogens is 189 g/mol. The maximum Gasteiger partial charge on any atom is 0.344 e. The van der Waals surface area contributed by atoms with Gasteiger partial charge in [0.1, 0.15) is 17.1 Å². The van der Waals surface area contributed by atoms with Gasteiger partial charge in [-0.3, -0.25) is 0 Å². The van der Waals surface area contributed by atoms with E-state index in [4.69, 9.17) is 5.26 Å². The Morgan fingerprint density at radius 2 is 2.29 bits per heavy atom. The minimum absolute atomic E-state index is 0.0624. The largest absolute Gasteiger partial charge is 0.507 e. The molecule has 0 spiro atoms. The van der Waals surface area contributed by atoms with Gasteiger partial charge in [-0.2, -0.15) is 5.26 Å². The van der Waals surface area contributed by atoms with Crippen molar-refractivity contribution in [1.82, 2.24) is 0 Å². The lowest BCUT2D eigenvalue weighted by molar-refractivity contribution is 0.0592. The van der Waals surface area contributed by atoms with Gasteiger partial charge in [0, 0.05) is 0 Å². The number of nitriles is 1. The van der Waals surface area contributed by atoms with Crippen LogP contribution in [-0.4, -0.2) is 18.2 Å². The quantitative estimate of drug-likeness (QED) is 0.683. The lowest BCUT2D eigenvalue weighted by Gasteiger charge is -2.03. The number of carbonyl (C=O) groups excluding carboxylic acids is 1. The van der Waals surface area contributed by atoms with Gasteiger partial charge in [-0.05, 0) is 12.1 Å². The summed E-state index contributed by atoms with van der Waals surface area (Å²) in [5, 5.41) is 17.6. The number of hydrogen-bond acceptors (Lipinski definition) is 4. The number of esters is 1. The van der Waals surface area contributed by atoms with E-state index in [1.54, 1.807) is 6.07 Å². The van der Waals surface area contributed by atoms with Crippen molar-refractivity contribution in [3.8, 4) is 11.8 Å². The normalized spacial score (nSPS) is 9.21. The second-order valence-corrected chi connectivity index (χ2v) is 2.46. The molecule has 0 aliphatic carbocycles. The summed E-state index contributed by atoms with van der Waals surface area (Å²) in [5.74, 6) is -2.56. The molecular formula is C9H6FNO3.